The first-order valence-electron chi connectivity index (χ1n) is 9.10. The van der Waals surface area contributed by atoms with Crippen molar-refractivity contribution in [2.75, 3.05) is 0 Å². The number of nitrogens with one attached hydrogen (secondary N) is 1. The van der Waals surface area contributed by atoms with Crippen LogP contribution in [0.25, 0.3) is 0 Å². The molecule has 150 valence electrons. The highest BCUT2D eigenvalue weighted by molar-refractivity contribution is 6.42. The number of benzene rings is 2. The summed E-state index contributed by atoms with van der Waals surface area (Å²) in [4.78, 5) is 39.5. The number of rotatable bonds is 6. The molecule has 2 aromatic rings. The van der Waals surface area contributed by atoms with E-state index in [0.717, 1.165) is 4.90 Å². The summed E-state index contributed by atoms with van der Waals surface area (Å²) in [6.45, 7) is 3.71. The van der Waals surface area contributed by atoms with Crippen LogP contribution in [0.2, 0.25) is 10.0 Å². The van der Waals surface area contributed by atoms with Gasteiger partial charge in [-0.25, -0.2) is 5.43 Å². The zero-order valence-corrected chi connectivity index (χ0v) is 17.4. The van der Waals surface area contributed by atoms with Gasteiger partial charge in [-0.2, -0.15) is 5.10 Å². The molecule has 0 saturated heterocycles. The van der Waals surface area contributed by atoms with Gasteiger partial charge < -0.3 is 0 Å². The van der Waals surface area contributed by atoms with E-state index >= 15 is 0 Å². The fourth-order valence-corrected chi connectivity index (χ4v) is 3.45. The molecule has 0 saturated carbocycles. The zero-order chi connectivity index (χ0) is 21.1. The Kier molecular flexibility index (Phi) is 6.35. The first kappa shape index (κ1) is 21.0. The summed E-state index contributed by atoms with van der Waals surface area (Å²) in [6.07, 6.45) is 2.01. The first-order valence-corrected chi connectivity index (χ1v) is 9.85. The van der Waals surface area contributed by atoms with Crippen LogP contribution in [-0.4, -0.2) is 34.9 Å². The van der Waals surface area contributed by atoms with Gasteiger partial charge in [0.1, 0.15) is 6.04 Å². The Morgan fingerprint density at radius 1 is 1.10 bits per heavy atom. The average Bonchev–Trinajstić information content (AvgIpc) is 2.96. The highest BCUT2D eigenvalue weighted by atomic mass is 35.5. The van der Waals surface area contributed by atoms with E-state index in [-0.39, 0.29) is 5.92 Å². The van der Waals surface area contributed by atoms with E-state index in [1.807, 2.05) is 13.8 Å². The van der Waals surface area contributed by atoms with E-state index in [9.17, 15) is 14.4 Å². The average molecular weight is 432 g/mol. The largest absolute Gasteiger partial charge is 0.271 e. The Labute approximate surface area is 178 Å². The molecule has 0 aliphatic carbocycles. The summed E-state index contributed by atoms with van der Waals surface area (Å²) in [5, 5.41) is 4.72. The van der Waals surface area contributed by atoms with E-state index in [2.05, 4.69) is 10.5 Å². The van der Waals surface area contributed by atoms with Crippen LogP contribution in [0.1, 0.15) is 46.5 Å². The molecular weight excluding hydrogens is 413 g/mol. The van der Waals surface area contributed by atoms with Gasteiger partial charge >= 0.3 is 0 Å². The molecule has 0 unspecified atom stereocenters. The van der Waals surface area contributed by atoms with Crippen LogP contribution in [0.3, 0.4) is 0 Å². The van der Waals surface area contributed by atoms with Crippen LogP contribution in [0.4, 0.5) is 0 Å². The molecule has 0 spiro atoms. The molecule has 1 heterocycles. The molecule has 0 radical (unpaired) electrons. The number of amides is 3. The second kappa shape index (κ2) is 8.76. The van der Waals surface area contributed by atoms with Crippen molar-refractivity contribution in [2.24, 2.45) is 11.0 Å². The predicted octanol–water partition coefficient (Wildman–Crippen LogP) is 4.15. The highest BCUT2D eigenvalue weighted by Crippen LogP contribution is 2.28. The lowest BCUT2D eigenvalue weighted by Crippen LogP contribution is -2.51. The van der Waals surface area contributed by atoms with E-state index in [1.165, 1.54) is 6.21 Å². The molecule has 3 rings (SSSR count). The fourth-order valence-electron chi connectivity index (χ4n) is 3.14. The Morgan fingerprint density at radius 3 is 2.28 bits per heavy atom. The van der Waals surface area contributed by atoms with Crippen LogP contribution in [0.15, 0.2) is 47.6 Å². The highest BCUT2D eigenvalue weighted by Gasteiger charge is 2.44. The van der Waals surface area contributed by atoms with Gasteiger partial charge in [-0.1, -0.05) is 61.7 Å². The Balaban J connectivity index is 1.81. The van der Waals surface area contributed by atoms with E-state index in [1.54, 1.807) is 42.5 Å². The summed E-state index contributed by atoms with van der Waals surface area (Å²) in [7, 11) is 0. The van der Waals surface area contributed by atoms with Gasteiger partial charge in [-0.05, 0) is 35.7 Å². The fraction of sp³-hybridized carbons (Fsp3) is 0.238. The lowest BCUT2D eigenvalue weighted by atomic mass is 9.97. The van der Waals surface area contributed by atoms with Crippen molar-refractivity contribution in [3.63, 3.8) is 0 Å². The minimum Gasteiger partial charge on any atom is -0.271 e. The van der Waals surface area contributed by atoms with E-state index < -0.39 is 23.8 Å². The maximum Gasteiger partial charge on any atom is 0.263 e. The molecule has 6 nitrogen and oxygen atoms in total. The predicted molar refractivity (Wildman–Crippen MR) is 112 cm³/mol. The SMILES string of the molecule is CC[C@H](C)[C@@H](C(=O)N/N=C\c1ccc(Cl)c(Cl)c1)N1C(=O)c2ccccc2C1=O. The van der Waals surface area contributed by atoms with Crippen molar-refractivity contribution in [1.29, 1.82) is 0 Å². The van der Waals surface area contributed by atoms with Crippen molar-refractivity contribution in [3.05, 3.63) is 69.2 Å². The number of carbonyl (C=O) groups excluding carboxylic acids is 3. The van der Waals surface area contributed by atoms with E-state index in [0.29, 0.717) is 33.2 Å². The number of imide groups is 1. The molecule has 1 N–H and O–H groups in total. The summed E-state index contributed by atoms with van der Waals surface area (Å²) < 4.78 is 0. The summed E-state index contributed by atoms with van der Waals surface area (Å²) in [6, 6.07) is 10.5. The van der Waals surface area contributed by atoms with Gasteiger partial charge in [-0.15, -0.1) is 0 Å². The third-order valence-corrected chi connectivity index (χ3v) is 5.63. The van der Waals surface area contributed by atoms with Crippen LogP contribution < -0.4 is 5.43 Å². The number of nitrogens with zero attached hydrogens (tertiary/aromatic N) is 2. The zero-order valence-electron chi connectivity index (χ0n) is 15.9. The molecule has 29 heavy (non-hydrogen) atoms. The lowest BCUT2D eigenvalue weighted by molar-refractivity contribution is -0.126. The van der Waals surface area contributed by atoms with Crippen LogP contribution in [0, 0.1) is 5.92 Å². The van der Waals surface area contributed by atoms with Crippen molar-refractivity contribution < 1.29 is 14.4 Å². The van der Waals surface area contributed by atoms with Gasteiger partial charge in [0.25, 0.3) is 17.7 Å². The van der Waals surface area contributed by atoms with Crippen LogP contribution >= 0.6 is 23.2 Å². The number of hydrogen-bond donors (Lipinski definition) is 1. The minimum atomic E-state index is -0.974. The number of halogens is 2. The summed E-state index contributed by atoms with van der Waals surface area (Å²) in [5.41, 5.74) is 3.68. The molecule has 2 atom stereocenters. The summed E-state index contributed by atoms with van der Waals surface area (Å²) in [5.74, 6) is -1.73. The van der Waals surface area contributed by atoms with Gasteiger partial charge in [-0.3, -0.25) is 19.3 Å². The Hall–Kier alpha value is -2.70. The van der Waals surface area contributed by atoms with Gasteiger partial charge in [0, 0.05) is 0 Å². The maximum absolute atomic E-state index is 12.9. The van der Waals surface area contributed by atoms with Gasteiger partial charge in [0.15, 0.2) is 0 Å². The molecule has 8 heteroatoms. The molecule has 1 aliphatic rings. The van der Waals surface area contributed by atoms with Crippen molar-refractivity contribution in [1.82, 2.24) is 10.3 Å². The number of hydrazone groups is 1. The smallest absolute Gasteiger partial charge is 0.263 e. The topological polar surface area (TPSA) is 78.8 Å². The Bertz CT molecular complexity index is 971. The van der Waals surface area contributed by atoms with Crippen LogP contribution in [-0.2, 0) is 4.79 Å². The van der Waals surface area contributed by atoms with Crippen LogP contribution in [0.5, 0.6) is 0 Å². The van der Waals surface area contributed by atoms with E-state index in [4.69, 9.17) is 23.2 Å². The standard InChI is InChI=1S/C21H19Cl2N3O3/c1-3-12(2)18(26-20(28)14-6-4-5-7-15(14)21(26)29)19(27)25-24-11-13-8-9-16(22)17(23)10-13/h4-12,18H,3H2,1-2H3,(H,25,27)/b24-11-/t12-,18-/m0/s1. The monoisotopic (exact) mass is 431 g/mol. The maximum atomic E-state index is 12.9. The number of carbonyl (C=O) groups is 3. The molecule has 0 fully saturated rings. The number of hydrogen-bond acceptors (Lipinski definition) is 4. The molecule has 3 amide bonds. The molecule has 0 aromatic heterocycles. The van der Waals surface area contributed by atoms with Crippen molar-refractivity contribution >= 4 is 47.1 Å². The lowest BCUT2D eigenvalue weighted by Gasteiger charge is -2.28. The number of fused-ring (bicyclic) bond motifs is 1. The molecular formula is C21H19Cl2N3O3. The van der Waals surface area contributed by atoms with Crippen molar-refractivity contribution in [2.45, 2.75) is 26.3 Å². The molecule has 0 bridgehead atoms. The minimum absolute atomic E-state index is 0.252. The second-order valence-electron chi connectivity index (χ2n) is 6.76. The van der Waals surface area contributed by atoms with Crippen molar-refractivity contribution in [3.8, 4) is 0 Å². The summed E-state index contributed by atoms with van der Waals surface area (Å²) >= 11 is 11.8. The third kappa shape index (κ3) is 4.18. The quantitative estimate of drug-likeness (QED) is 0.423. The second-order valence-corrected chi connectivity index (χ2v) is 7.58. The van der Waals surface area contributed by atoms with Gasteiger partial charge in [0.05, 0.1) is 27.4 Å². The Morgan fingerprint density at radius 2 is 1.72 bits per heavy atom. The molecule has 2 aromatic carbocycles. The first-order chi connectivity index (χ1) is 13.8. The van der Waals surface area contributed by atoms with Gasteiger partial charge in [0.2, 0.25) is 0 Å². The third-order valence-electron chi connectivity index (χ3n) is 4.89. The molecule has 1 aliphatic heterocycles. The normalized spacial score (nSPS) is 15.5.